The fraction of sp³-hybridized carbons (Fsp3) is 0.692. The summed E-state index contributed by atoms with van der Waals surface area (Å²) in [7, 11) is -4.63. The van der Waals surface area contributed by atoms with E-state index < -0.39 is 45.1 Å². The lowest BCUT2D eigenvalue weighted by Gasteiger charge is -2.20. The number of ether oxygens (including phenoxy) is 2. The molecule has 4 N–H and O–H groups in total. The van der Waals surface area contributed by atoms with E-state index in [1.807, 2.05) is 0 Å². The molecule has 0 aromatic rings. The maximum Gasteiger partial charge on any atom is 0.472 e. The Labute approximate surface area is 384 Å². The monoisotopic (exact) mass is 904 g/mol. The smallest absolute Gasteiger partial charge is 0.472 e. The van der Waals surface area contributed by atoms with Gasteiger partial charge in [-0.15, -0.1) is 0 Å². The number of phosphoric acid groups is 1. The zero-order valence-corrected chi connectivity index (χ0v) is 40.5. The van der Waals surface area contributed by atoms with Crippen LogP contribution in [0.15, 0.2) is 85.1 Å². The predicted molar refractivity (Wildman–Crippen MR) is 263 cm³/mol. The predicted octanol–water partition coefficient (Wildman–Crippen LogP) is 14.3. The molecule has 10 nitrogen and oxygen atoms in total. The van der Waals surface area contributed by atoms with E-state index in [4.69, 9.17) is 29.4 Å². The maximum atomic E-state index is 12.7. The zero-order valence-electron chi connectivity index (χ0n) is 39.6. The van der Waals surface area contributed by atoms with Gasteiger partial charge >= 0.3 is 19.8 Å². The number of allylic oxidation sites excluding steroid dienone is 14. The minimum absolute atomic E-state index is 0.00254. The number of carbonyl (C=O) groups is 2. The van der Waals surface area contributed by atoms with Gasteiger partial charge in [0.05, 0.1) is 19.8 Å². The number of esters is 1. The molecule has 0 aliphatic carbocycles. The van der Waals surface area contributed by atoms with Crippen molar-refractivity contribution >= 4 is 19.8 Å². The Bertz CT molecular complexity index is 1320. The average molecular weight is 904 g/mol. The zero-order chi connectivity index (χ0) is 46.2. The molecule has 0 heterocycles. The number of phosphoric ester groups is 1. The molecule has 63 heavy (non-hydrogen) atoms. The van der Waals surface area contributed by atoms with Crippen molar-refractivity contribution in [3.05, 3.63) is 85.1 Å². The van der Waals surface area contributed by atoms with E-state index in [9.17, 15) is 19.0 Å². The molecule has 0 rings (SSSR count). The third kappa shape index (κ3) is 46.9. The fourth-order valence-electron chi connectivity index (χ4n) is 6.37. The summed E-state index contributed by atoms with van der Waals surface area (Å²) in [5.74, 6) is -1.80. The van der Waals surface area contributed by atoms with Crippen LogP contribution in [0.25, 0.3) is 0 Å². The van der Waals surface area contributed by atoms with Crippen LogP contribution < -0.4 is 5.73 Å². The average Bonchev–Trinajstić information content (AvgIpc) is 3.26. The van der Waals surface area contributed by atoms with E-state index in [0.29, 0.717) is 13.0 Å². The van der Waals surface area contributed by atoms with Gasteiger partial charge in [0.25, 0.3) is 0 Å². The number of carboxylic acid groups (broad SMARTS) is 1. The summed E-state index contributed by atoms with van der Waals surface area (Å²) in [4.78, 5) is 33.7. The van der Waals surface area contributed by atoms with Crippen LogP contribution in [-0.4, -0.2) is 60.5 Å². The highest BCUT2D eigenvalue weighted by atomic mass is 31.2. The molecule has 0 saturated carbocycles. The van der Waals surface area contributed by atoms with Crippen LogP contribution in [0.1, 0.15) is 194 Å². The largest absolute Gasteiger partial charge is 0.480 e. The Morgan fingerprint density at radius 2 is 0.921 bits per heavy atom. The molecule has 0 amide bonds. The van der Waals surface area contributed by atoms with Crippen molar-refractivity contribution < 1.29 is 42.7 Å². The lowest BCUT2D eigenvalue weighted by Crippen LogP contribution is -2.34. The maximum absolute atomic E-state index is 12.7. The molecule has 3 unspecified atom stereocenters. The normalized spacial score (nSPS) is 14.5. The lowest BCUT2D eigenvalue weighted by atomic mass is 10.1. The van der Waals surface area contributed by atoms with E-state index in [0.717, 1.165) is 103 Å². The second-order valence-electron chi connectivity index (χ2n) is 16.2. The van der Waals surface area contributed by atoms with Crippen molar-refractivity contribution in [2.45, 2.75) is 206 Å². The van der Waals surface area contributed by atoms with E-state index >= 15 is 0 Å². The first kappa shape index (κ1) is 60.2. The van der Waals surface area contributed by atoms with Crippen LogP contribution in [0, 0.1) is 0 Å². The Morgan fingerprint density at radius 1 is 0.524 bits per heavy atom. The standard InChI is InChI=1S/C52H90NO9P/c1-3-5-7-9-11-13-15-17-19-21-23-24-25-27-29-31-33-35-37-39-41-43-45-59-46-49(47-60-63(57,58)61-48-50(53)52(55)56)62-51(54)44-42-40-38-36-34-32-30-28-26-22-20-18-16-14-12-10-8-6-4-2/h5,7,11-14,17-20,23-24,26,28,49-50H,3-4,6,8-10,15-16,21-22,25,27,29-48,53H2,1-2H3,(H,55,56)(H,57,58)/b7-5-,13-11-,14-12-,19-17-,20-18-,24-23-,28-26-. The van der Waals surface area contributed by atoms with Crippen LogP contribution in [-0.2, 0) is 32.7 Å². The van der Waals surface area contributed by atoms with Gasteiger partial charge in [0.1, 0.15) is 12.1 Å². The number of unbranched alkanes of at least 4 members (excludes halogenated alkanes) is 18. The van der Waals surface area contributed by atoms with Crippen molar-refractivity contribution in [2.75, 3.05) is 26.4 Å². The molecule has 11 heteroatoms. The molecule has 0 aliphatic rings. The summed E-state index contributed by atoms with van der Waals surface area (Å²) in [5.41, 5.74) is 5.37. The Morgan fingerprint density at radius 3 is 1.38 bits per heavy atom. The van der Waals surface area contributed by atoms with Crippen molar-refractivity contribution in [3.8, 4) is 0 Å². The minimum atomic E-state index is -4.63. The van der Waals surface area contributed by atoms with Gasteiger partial charge in [-0.25, -0.2) is 4.57 Å². The Hall–Kier alpha value is -2.85. The van der Waals surface area contributed by atoms with Crippen molar-refractivity contribution in [1.82, 2.24) is 0 Å². The molecule has 0 saturated heterocycles. The first-order valence-corrected chi connectivity index (χ1v) is 26.1. The molecule has 0 aromatic carbocycles. The molecular weight excluding hydrogens is 814 g/mol. The molecule has 0 aliphatic heterocycles. The van der Waals surface area contributed by atoms with Gasteiger partial charge in [-0.3, -0.25) is 18.6 Å². The van der Waals surface area contributed by atoms with Gasteiger partial charge in [-0.2, -0.15) is 0 Å². The second-order valence-corrected chi connectivity index (χ2v) is 17.7. The highest BCUT2D eigenvalue weighted by Gasteiger charge is 2.27. The van der Waals surface area contributed by atoms with Gasteiger partial charge in [-0.05, 0) is 89.9 Å². The molecule has 0 spiro atoms. The topological polar surface area (TPSA) is 155 Å². The number of hydrogen-bond acceptors (Lipinski definition) is 8. The van der Waals surface area contributed by atoms with Gasteiger partial charge < -0.3 is 25.2 Å². The van der Waals surface area contributed by atoms with Gasteiger partial charge in [0.2, 0.25) is 0 Å². The quantitative estimate of drug-likeness (QED) is 0.0233. The number of carbonyl (C=O) groups excluding carboxylic acids is 1. The van der Waals surface area contributed by atoms with Crippen molar-refractivity contribution in [1.29, 1.82) is 0 Å². The highest BCUT2D eigenvalue weighted by Crippen LogP contribution is 2.43. The third-order valence-electron chi connectivity index (χ3n) is 10.2. The van der Waals surface area contributed by atoms with E-state index in [-0.39, 0.29) is 13.0 Å². The SMILES string of the molecule is CC/C=C\C/C=C\C/C=C\C/C=C\CCCCCCCCCCCOCC(COP(=O)(O)OCC(N)C(=O)O)OC(=O)CCCCCCCC/C=C\C/C=C\C/C=C\CCCCC. The van der Waals surface area contributed by atoms with Crippen molar-refractivity contribution in [2.24, 2.45) is 5.73 Å². The summed E-state index contributed by atoms with van der Waals surface area (Å²) < 4.78 is 33.5. The number of carboxylic acids is 1. The van der Waals surface area contributed by atoms with Crippen LogP contribution in [0.2, 0.25) is 0 Å². The number of rotatable bonds is 46. The Kier molecular flexibility index (Phi) is 45.0. The van der Waals surface area contributed by atoms with Crippen LogP contribution >= 0.6 is 7.82 Å². The van der Waals surface area contributed by atoms with Gasteiger partial charge in [-0.1, -0.05) is 182 Å². The number of nitrogens with two attached hydrogens (primary N) is 1. The fourth-order valence-corrected chi connectivity index (χ4v) is 7.14. The summed E-state index contributed by atoms with van der Waals surface area (Å²) >= 11 is 0. The van der Waals surface area contributed by atoms with E-state index in [1.54, 1.807) is 0 Å². The lowest BCUT2D eigenvalue weighted by molar-refractivity contribution is -0.154. The molecule has 0 bridgehead atoms. The van der Waals surface area contributed by atoms with Crippen LogP contribution in [0.4, 0.5) is 0 Å². The first-order chi connectivity index (χ1) is 30.7. The van der Waals surface area contributed by atoms with Crippen LogP contribution in [0.5, 0.6) is 0 Å². The van der Waals surface area contributed by atoms with Gasteiger partial charge in [0.15, 0.2) is 0 Å². The molecule has 0 fully saturated rings. The molecule has 0 radical (unpaired) electrons. The van der Waals surface area contributed by atoms with Crippen molar-refractivity contribution in [3.63, 3.8) is 0 Å². The third-order valence-corrected chi connectivity index (χ3v) is 11.1. The van der Waals surface area contributed by atoms with E-state index in [1.165, 1.54) is 64.2 Å². The van der Waals surface area contributed by atoms with E-state index in [2.05, 4.69) is 98.9 Å². The molecule has 362 valence electrons. The molecule has 3 atom stereocenters. The van der Waals surface area contributed by atoms with Crippen LogP contribution in [0.3, 0.4) is 0 Å². The first-order valence-electron chi connectivity index (χ1n) is 24.6. The number of aliphatic carboxylic acids is 1. The number of hydrogen-bond donors (Lipinski definition) is 3. The highest BCUT2D eigenvalue weighted by molar-refractivity contribution is 7.47. The second kappa shape index (κ2) is 47.1. The van der Waals surface area contributed by atoms with Gasteiger partial charge in [0, 0.05) is 13.0 Å². The molecular formula is C52H90NO9P. The summed E-state index contributed by atoms with van der Waals surface area (Å²) in [6.07, 6.45) is 60.6. The summed E-state index contributed by atoms with van der Waals surface area (Å²) in [6.45, 7) is 3.71. The Balaban J connectivity index is 4.22. The summed E-state index contributed by atoms with van der Waals surface area (Å²) in [6, 6.07) is -1.48. The summed E-state index contributed by atoms with van der Waals surface area (Å²) in [5, 5.41) is 8.92. The molecule has 0 aromatic heterocycles. The minimum Gasteiger partial charge on any atom is -0.480 e.